The molecule has 0 aliphatic heterocycles. The summed E-state index contributed by atoms with van der Waals surface area (Å²) in [5, 5.41) is 0. The van der Waals surface area contributed by atoms with E-state index in [0.717, 1.165) is 9.54 Å². The van der Waals surface area contributed by atoms with Gasteiger partial charge in [-0.3, -0.25) is 4.79 Å². The molecule has 0 saturated heterocycles. The molecule has 0 aliphatic carbocycles. The van der Waals surface area contributed by atoms with E-state index in [0.29, 0.717) is 5.56 Å². The van der Waals surface area contributed by atoms with Gasteiger partial charge in [-0.05, 0) is 36.8 Å². The maximum absolute atomic E-state index is 12.7. The molecule has 0 spiro atoms. The summed E-state index contributed by atoms with van der Waals surface area (Å²) in [6, 6.07) is 18.3. The molecule has 1 aromatic heterocycles. The molecule has 0 N–H and O–H groups in total. The molecule has 4 nitrogen and oxygen atoms in total. The topological polar surface area (TPSA) is 56.1 Å². The average Bonchev–Trinajstić information content (AvgIpc) is 3.06. The number of hydrogen-bond donors (Lipinski definition) is 0. The minimum absolute atomic E-state index is 0.128. The number of carbonyl (C=O) groups excluding carboxylic acids is 1. The number of aryl methyl sites for hydroxylation is 1. The smallest absolute Gasteiger partial charge is 0.268 e. The lowest BCUT2D eigenvalue weighted by Gasteiger charge is -2.11. The van der Waals surface area contributed by atoms with Crippen LogP contribution in [0.15, 0.2) is 77.8 Å². The summed E-state index contributed by atoms with van der Waals surface area (Å²) in [7, 11) is -3.80. The Kier molecular flexibility index (Phi) is 3.88. The summed E-state index contributed by atoms with van der Waals surface area (Å²) in [5.41, 5.74) is 1.43. The maximum Gasteiger partial charge on any atom is 0.268 e. The van der Waals surface area contributed by atoms with Crippen molar-refractivity contribution < 1.29 is 13.2 Å². The molecule has 0 amide bonds. The number of ketones is 1. The zero-order valence-corrected chi connectivity index (χ0v) is 13.3. The van der Waals surface area contributed by atoms with E-state index >= 15 is 0 Å². The van der Waals surface area contributed by atoms with Gasteiger partial charge in [-0.25, -0.2) is 12.4 Å². The van der Waals surface area contributed by atoms with Crippen LogP contribution in [-0.4, -0.2) is 18.2 Å². The van der Waals surface area contributed by atoms with Crippen molar-refractivity contribution in [3.8, 4) is 0 Å². The van der Waals surface area contributed by atoms with E-state index < -0.39 is 10.0 Å². The van der Waals surface area contributed by atoms with Crippen LogP contribution in [0.1, 0.15) is 21.6 Å². The lowest BCUT2D eigenvalue weighted by Crippen LogP contribution is -2.18. The van der Waals surface area contributed by atoms with Crippen molar-refractivity contribution >= 4 is 15.8 Å². The normalized spacial score (nSPS) is 11.3. The fourth-order valence-corrected chi connectivity index (χ4v) is 3.78. The molecule has 2 aromatic carbocycles. The first-order valence-corrected chi connectivity index (χ1v) is 8.54. The molecule has 0 unspecified atom stereocenters. The molecule has 0 fully saturated rings. The number of benzene rings is 2. The Morgan fingerprint density at radius 3 is 2.22 bits per heavy atom. The lowest BCUT2D eigenvalue weighted by atomic mass is 10.0. The van der Waals surface area contributed by atoms with Gasteiger partial charge in [0.2, 0.25) is 5.78 Å². The summed E-state index contributed by atoms with van der Waals surface area (Å²) in [6.07, 6.45) is 1.40. The van der Waals surface area contributed by atoms with Gasteiger partial charge in [-0.2, -0.15) is 0 Å². The molecule has 3 aromatic rings. The van der Waals surface area contributed by atoms with Gasteiger partial charge in [0.25, 0.3) is 10.0 Å². The summed E-state index contributed by atoms with van der Waals surface area (Å²) < 4.78 is 26.5. The highest BCUT2D eigenvalue weighted by molar-refractivity contribution is 7.90. The van der Waals surface area contributed by atoms with Crippen molar-refractivity contribution in [3.05, 3.63) is 89.7 Å². The van der Waals surface area contributed by atoms with Crippen molar-refractivity contribution in [2.75, 3.05) is 0 Å². The average molecular weight is 325 g/mol. The predicted molar refractivity (Wildman–Crippen MR) is 88.1 cm³/mol. The first kappa shape index (κ1) is 15.2. The second-order valence-corrected chi connectivity index (χ2v) is 6.97. The van der Waals surface area contributed by atoms with Crippen LogP contribution < -0.4 is 0 Å². The zero-order valence-electron chi connectivity index (χ0n) is 12.5. The molecule has 0 aliphatic rings. The Morgan fingerprint density at radius 1 is 0.870 bits per heavy atom. The molecular weight excluding hydrogens is 310 g/mol. The van der Waals surface area contributed by atoms with Crippen molar-refractivity contribution in [2.24, 2.45) is 0 Å². The third kappa shape index (κ3) is 2.71. The Hall–Kier alpha value is -2.66. The molecule has 1 heterocycles. The summed E-state index contributed by atoms with van der Waals surface area (Å²) >= 11 is 0. The molecule has 0 atom stereocenters. The molecule has 0 radical (unpaired) electrons. The number of nitrogens with zero attached hydrogens (tertiary/aromatic N) is 1. The van der Waals surface area contributed by atoms with Gasteiger partial charge in [-0.1, -0.05) is 42.5 Å². The van der Waals surface area contributed by atoms with Crippen LogP contribution in [0.25, 0.3) is 0 Å². The molecule has 5 heteroatoms. The second-order valence-electron chi connectivity index (χ2n) is 5.15. The van der Waals surface area contributed by atoms with Crippen LogP contribution >= 0.6 is 0 Å². The van der Waals surface area contributed by atoms with Crippen molar-refractivity contribution in [1.82, 2.24) is 3.97 Å². The highest BCUT2D eigenvalue weighted by atomic mass is 32.2. The van der Waals surface area contributed by atoms with E-state index in [1.807, 2.05) is 19.1 Å². The van der Waals surface area contributed by atoms with Crippen LogP contribution in [0.2, 0.25) is 0 Å². The third-order valence-corrected chi connectivity index (χ3v) is 5.34. The molecule has 3 rings (SSSR count). The van der Waals surface area contributed by atoms with Crippen LogP contribution in [0.5, 0.6) is 0 Å². The Morgan fingerprint density at radius 2 is 1.52 bits per heavy atom. The van der Waals surface area contributed by atoms with Crippen LogP contribution in [0, 0.1) is 6.92 Å². The van der Waals surface area contributed by atoms with Gasteiger partial charge in [-0.15, -0.1) is 0 Å². The number of aromatic nitrogens is 1. The Balaban J connectivity index is 2.11. The summed E-state index contributed by atoms with van der Waals surface area (Å²) in [5.74, 6) is -0.312. The Labute approximate surface area is 135 Å². The molecule has 0 saturated carbocycles. The van der Waals surface area contributed by atoms with E-state index in [9.17, 15) is 13.2 Å². The number of carbonyl (C=O) groups is 1. The molecule has 23 heavy (non-hydrogen) atoms. The number of hydrogen-bond acceptors (Lipinski definition) is 3. The van der Waals surface area contributed by atoms with Gasteiger partial charge in [0, 0.05) is 11.8 Å². The fraction of sp³-hybridized carbons (Fsp3) is 0.0556. The largest absolute Gasteiger partial charge is 0.287 e. The minimum atomic E-state index is -3.80. The second kappa shape index (κ2) is 5.85. The summed E-state index contributed by atoms with van der Waals surface area (Å²) in [6.45, 7) is 1.83. The monoisotopic (exact) mass is 325 g/mol. The third-order valence-electron chi connectivity index (χ3n) is 3.64. The first-order chi connectivity index (χ1) is 11.0. The van der Waals surface area contributed by atoms with Gasteiger partial charge in [0.15, 0.2) is 0 Å². The van der Waals surface area contributed by atoms with Gasteiger partial charge >= 0.3 is 0 Å². The van der Waals surface area contributed by atoms with E-state index in [1.54, 1.807) is 36.4 Å². The van der Waals surface area contributed by atoms with E-state index in [4.69, 9.17) is 0 Å². The molecule has 116 valence electrons. The molecule has 0 bridgehead atoms. The standard InChI is InChI=1S/C18H15NO3S/c1-14-8-5-6-11-16(14)18(20)17-12-7-13-19(17)23(21,22)15-9-3-2-4-10-15/h2-13H,1H3. The quantitative estimate of drug-likeness (QED) is 0.692. The van der Waals surface area contributed by atoms with Gasteiger partial charge in [0.1, 0.15) is 5.69 Å². The van der Waals surface area contributed by atoms with Crippen LogP contribution in [0.4, 0.5) is 0 Å². The maximum atomic E-state index is 12.7. The molecular formula is C18H15NO3S. The summed E-state index contributed by atoms with van der Waals surface area (Å²) in [4.78, 5) is 12.9. The van der Waals surface area contributed by atoms with Gasteiger partial charge in [0.05, 0.1) is 4.90 Å². The van der Waals surface area contributed by atoms with Crippen molar-refractivity contribution in [2.45, 2.75) is 11.8 Å². The zero-order chi connectivity index (χ0) is 16.4. The van der Waals surface area contributed by atoms with Crippen molar-refractivity contribution in [3.63, 3.8) is 0 Å². The SMILES string of the molecule is Cc1ccccc1C(=O)c1cccn1S(=O)(=O)c1ccccc1. The highest BCUT2D eigenvalue weighted by Crippen LogP contribution is 2.20. The van der Waals surface area contributed by atoms with E-state index in [-0.39, 0.29) is 16.4 Å². The minimum Gasteiger partial charge on any atom is -0.287 e. The van der Waals surface area contributed by atoms with Crippen LogP contribution in [0.3, 0.4) is 0 Å². The van der Waals surface area contributed by atoms with E-state index in [1.165, 1.54) is 24.4 Å². The lowest BCUT2D eigenvalue weighted by molar-refractivity contribution is 0.103. The van der Waals surface area contributed by atoms with Gasteiger partial charge < -0.3 is 0 Å². The number of rotatable bonds is 4. The Bertz CT molecular complexity index is 957. The fourth-order valence-electron chi connectivity index (χ4n) is 2.42. The van der Waals surface area contributed by atoms with Crippen molar-refractivity contribution in [1.29, 1.82) is 0 Å². The highest BCUT2D eigenvalue weighted by Gasteiger charge is 2.23. The first-order valence-electron chi connectivity index (χ1n) is 7.10. The van der Waals surface area contributed by atoms with Crippen LogP contribution in [-0.2, 0) is 10.0 Å². The van der Waals surface area contributed by atoms with E-state index in [2.05, 4.69) is 0 Å². The predicted octanol–water partition coefficient (Wildman–Crippen LogP) is 3.26.